The number of anilines is 1. The van der Waals surface area contributed by atoms with E-state index in [1.54, 1.807) is 14.2 Å². The summed E-state index contributed by atoms with van der Waals surface area (Å²) in [5.74, 6) is 1.53. The third-order valence-electron chi connectivity index (χ3n) is 6.69. The van der Waals surface area contributed by atoms with Crippen LogP contribution in [-0.2, 0) is 12.8 Å². The van der Waals surface area contributed by atoms with Gasteiger partial charge < -0.3 is 19.7 Å². The molecule has 2 aromatic rings. The number of pyridine rings is 1. The summed E-state index contributed by atoms with van der Waals surface area (Å²) in [6.45, 7) is 2.49. The first-order chi connectivity index (χ1) is 13.8. The van der Waals surface area contributed by atoms with Crippen molar-refractivity contribution >= 4 is 16.6 Å². The number of methoxy groups -OCH3 is 2. The number of ether oxygens (including phenoxy) is 2. The fourth-order valence-corrected chi connectivity index (χ4v) is 5.03. The van der Waals surface area contributed by atoms with Gasteiger partial charge in [-0.05, 0) is 69.5 Å². The molecule has 2 fully saturated rings. The molecule has 1 aromatic carbocycles. The molecular formula is C23H31N3O2. The predicted octanol–water partition coefficient (Wildman–Crippen LogP) is 4.17. The zero-order valence-corrected chi connectivity index (χ0v) is 17.1. The Morgan fingerprint density at radius 1 is 0.964 bits per heavy atom. The third-order valence-corrected chi connectivity index (χ3v) is 6.69. The Balaban J connectivity index is 1.50. The monoisotopic (exact) mass is 381 g/mol. The summed E-state index contributed by atoms with van der Waals surface area (Å²) < 4.78 is 11.1. The summed E-state index contributed by atoms with van der Waals surface area (Å²) in [7, 11) is 3.39. The average molecular weight is 382 g/mol. The first-order valence-electron chi connectivity index (χ1n) is 10.8. The predicted molar refractivity (Wildman–Crippen MR) is 113 cm³/mol. The van der Waals surface area contributed by atoms with Crippen molar-refractivity contribution in [3.63, 3.8) is 0 Å². The summed E-state index contributed by atoms with van der Waals surface area (Å²) >= 11 is 0. The second-order valence-corrected chi connectivity index (χ2v) is 8.53. The van der Waals surface area contributed by atoms with E-state index >= 15 is 0 Å². The summed E-state index contributed by atoms with van der Waals surface area (Å²) in [5.41, 5.74) is 4.98. The van der Waals surface area contributed by atoms with Crippen molar-refractivity contribution < 1.29 is 9.47 Å². The Bertz CT molecular complexity index is 878. The standard InChI is InChI=1S/C23H31N3O2/c1-27-21-13-18-20(14-22(21)28-2)25-19-7-3-6-17(19)23(18)24-15-5-4-11-26(12-10-15)16-8-9-16/h13-16H,3-12H2,1-2H3,(H,24,25)/t15-/m0/s1. The van der Waals surface area contributed by atoms with Crippen molar-refractivity contribution in [2.24, 2.45) is 0 Å². The van der Waals surface area contributed by atoms with Crippen LogP contribution in [0.3, 0.4) is 0 Å². The van der Waals surface area contributed by atoms with Crippen molar-refractivity contribution in [3.8, 4) is 11.5 Å². The molecule has 28 heavy (non-hydrogen) atoms. The molecule has 5 nitrogen and oxygen atoms in total. The Hall–Kier alpha value is -2.01. The fourth-order valence-electron chi connectivity index (χ4n) is 5.03. The maximum atomic E-state index is 5.59. The van der Waals surface area contributed by atoms with E-state index in [1.807, 2.05) is 6.07 Å². The third kappa shape index (κ3) is 3.30. The SMILES string of the molecule is COc1cc2nc3c(c(N[C@H]4CCCN(C5CC5)CC4)c2cc1OC)CCC3. The average Bonchev–Trinajstić information content (AvgIpc) is 3.49. The van der Waals surface area contributed by atoms with Crippen LogP contribution in [0.5, 0.6) is 11.5 Å². The molecule has 1 aliphatic heterocycles. The van der Waals surface area contributed by atoms with Gasteiger partial charge in [-0.1, -0.05) is 0 Å². The number of aryl methyl sites for hydroxylation is 1. The van der Waals surface area contributed by atoms with Gasteiger partial charge in [-0.25, -0.2) is 0 Å². The van der Waals surface area contributed by atoms with Gasteiger partial charge in [0.05, 0.1) is 19.7 Å². The van der Waals surface area contributed by atoms with Gasteiger partial charge in [0.2, 0.25) is 0 Å². The molecule has 3 aliphatic rings. The van der Waals surface area contributed by atoms with E-state index in [1.165, 1.54) is 73.9 Å². The molecule has 0 spiro atoms. The van der Waals surface area contributed by atoms with Crippen LogP contribution in [0.25, 0.3) is 10.9 Å². The molecule has 5 heteroatoms. The summed E-state index contributed by atoms with van der Waals surface area (Å²) in [6.07, 6.45) is 9.96. The maximum absolute atomic E-state index is 5.59. The number of fused-ring (bicyclic) bond motifs is 2. The van der Waals surface area contributed by atoms with E-state index in [-0.39, 0.29) is 0 Å². The van der Waals surface area contributed by atoms with Crippen LogP contribution >= 0.6 is 0 Å². The van der Waals surface area contributed by atoms with Crippen molar-refractivity contribution in [1.82, 2.24) is 9.88 Å². The highest BCUT2D eigenvalue weighted by atomic mass is 16.5. The quantitative estimate of drug-likeness (QED) is 0.842. The number of hydrogen-bond donors (Lipinski definition) is 1. The van der Waals surface area contributed by atoms with Gasteiger partial charge in [0.15, 0.2) is 11.5 Å². The number of benzene rings is 1. The smallest absolute Gasteiger partial charge is 0.162 e. The van der Waals surface area contributed by atoms with Gasteiger partial charge in [-0.2, -0.15) is 0 Å². The van der Waals surface area contributed by atoms with Crippen LogP contribution < -0.4 is 14.8 Å². The molecule has 5 rings (SSSR count). The first-order valence-corrected chi connectivity index (χ1v) is 10.8. The number of likely N-dealkylation sites (tertiary alicyclic amines) is 1. The van der Waals surface area contributed by atoms with Crippen LogP contribution in [0.2, 0.25) is 0 Å². The van der Waals surface area contributed by atoms with Crippen molar-refractivity contribution in [2.45, 2.75) is 63.5 Å². The van der Waals surface area contributed by atoms with E-state index in [0.717, 1.165) is 35.9 Å². The van der Waals surface area contributed by atoms with Crippen LogP contribution in [-0.4, -0.2) is 49.3 Å². The Kier molecular flexibility index (Phi) is 4.79. The van der Waals surface area contributed by atoms with Crippen LogP contribution in [0.1, 0.15) is 49.8 Å². The van der Waals surface area contributed by atoms with Gasteiger partial charge in [-0.15, -0.1) is 0 Å². The van der Waals surface area contributed by atoms with Crippen molar-refractivity contribution in [1.29, 1.82) is 0 Å². The molecule has 0 radical (unpaired) electrons. The van der Waals surface area contributed by atoms with E-state index in [2.05, 4.69) is 16.3 Å². The van der Waals surface area contributed by atoms with Crippen molar-refractivity contribution in [3.05, 3.63) is 23.4 Å². The zero-order chi connectivity index (χ0) is 19.1. The summed E-state index contributed by atoms with van der Waals surface area (Å²) in [6, 6.07) is 5.54. The minimum atomic E-state index is 0.534. The van der Waals surface area contributed by atoms with Gasteiger partial charge >= 0.3 is 0 Å². The van der Waals surface area contributed by atoms with E-state index in [0.29, 0.717) is 6.04 Å². The zero-order valence-electron chi connectivity index (χ0n) is 17.1. The number of nitrogens with zero attached hydrogens (tertiary/aromatic N) is 2. The lowest BCUT2D eigenvalue weighted by atomic mass is 10.0. The highest BCUT2D eigenvalue weighted by Gasteiger charge is 2.31. The summed E-state index contributed by atoms with van der Waals surface area (Å²) in [5, 5.41) is 5.14. The molecule has 0 amide bonds. The molecule has 150 valence electrons. The van der Waals surface area contributed by atoms with Crippen LogP contribution in [0.15, 0.2) is 12.1 Å². The number of hydrogen-bond acceptors (Lipinski definition) is 5. The lowest BCUT2D eigenvalue weighted by Crippen LogP contribution is -2.28. The Morgan fingerprint density at radius 3 is 2.57 bits per heavy atom. The number of rotatable bonds is 5. The normalized spacial score (nSPS) is 22.7. The van der Waals surface area contributed by atoms with E-state index in [4.69, 9.17) is 14.5 Å². The molecule has 1 saturated carbocycles. The molecule has 2 aliphatic carbocycles. The number of nitrogens with one attached hydrogen (secondary N) is 1. The topological polar surface area (TPSA) is 46.6 Å². The molecule has 1 atom stereocenters. The second kappa shape index (κ2) is 7.43. The van der Waals surface area contributed by atoms with Crippen LogP contribution in [0, 0.1) is 0 Å². The number of aromatic nitrogens is 1. The fraction of sp³-hybridized carbons (Fsp3) is 0.609. The first kappa shape index (κ1) is 18.0. The van der Waals surface area contributed by atoms with Gasteiger partial charge in [0.25, 0.3) is 0 Å². The van der Waals surface area contributed by atoms with Crippen molar-refractivity contribution in [2.75, 3.05) is 32.6 Å². The highest BCUT2D eigenvalue weighted by Crippen LogP contribution is 2.40. The summed E-state index contributed by atoms with van der Waals surface area (Å²) in [4.78, 5) is 7.68. The van der Waals surface area contributed by atoms with Gasteiger partial charge in [-0.3, -0.25) is 4.98 Å². The highest BCUT2D eigenvalue weighted by molar-refractivity contribution is 5.96. The Morgan fingerprint density at radius 2 is 1.79 bits per heavy atom. The molecular weight excluding hydrogens is 350 g/mol. The van der Waals surface area contributed by atoms with Crippen LogP contribution in [0.4, 0.5) is 5.69 Å². The molecule has 0 bridgehead atoms. The minimum Gasteiger partial charge on any atom is -0.493 e. The maximum Gasteiger partial charge on any atom is 0.162 e. The molecule has 1 N–H and O–H groups in total. The van der Waals surface area contributed by atoms with Gasteiger partial charge in [0.1, 0.15) is 0 Å². The Labute approximate surface area is 167 Å². The second-order valence-electron chi connectivity index (χ2n) is 8.53. The molecule has 1 saturated heterocycles. The lowest BCUT2D eigenvalue weighted by molar-refractivity contribution is 0.274. The van der Waals surface area contributed by atoms with E-state index in [9.17, 15) is 0 Å². The minimum absolute atomic E-state index is 0.534. The van der Waals surface area contributed by atoms with Gasteiger partial charge in [0, 0.05) is 41.5 Å². The lowest BCUT2D eigenvalue weighted by Gasteiger charge is -2.23. The molecule has 1 aromatic heterocycles. The van der Waals surface area contributed by atoms with E-state index < -0.39 is 0 Å². The molecule has 2 heterocycles. The largest absolute Gasteiger partial charge is 0.493 e. The molecule has 0 unspecified atom stereocenters.